The molecule has 0 unspecified atom stereocenters. The van der Waals surface area contributed by atoms with E-state index in [9.17, 15) is 9.59 Å². The highest BCUT2D eigenvalue weighted by Gasteiger charge is 2.19. The lowest BCUT2D eigenvalue weighted by atomic mass is 10.2. The number of carbonyl (C=O) groups is 2. The van der Waals surface area contributed by atoms with E-state index < -0.39 is 0 Å². The molecule has 1 aliphatic heterocycles. The summed E-state index contributed by atoms with van der Waals surface area (Å²) >= 11 is 1.42. The van der Waals surface area contributed by atoms with Gasteiger partial charge in [-0.3, -0.25) is 9.59 Å². The lowest BCUT2D eigenvalue weighted by molar-refractivity contribution is -0.127. The summed E-state index contributed by atoms with van der Waals surface area (Å²) in [5.41, 5.74) is 0.577. The van der Waals surface area contributed by atoms with Crippen LogP contribution in [0.15, 0.2) is 29.2 Å². The average Bonchev–Trinajstić information content (AvgIpc) is 3.34. The topological polar surface area (TPSA) is 80.1 Å². The largest absolute Gasteiger partial charge is 0.345 e. The molecule has 3 rings (SSSR count). The third kappa shape index (κ3) is 4.73. The third-order valence-corrected chi connectivity index (χ3v) is 5.92. The average molecular weight is 402 g/mol. The van der Waals surface area contributed by atoms with Crippen LogP contribution in [0.4, 0.5) is 0 Å². The van der Waals surface area contributed by atoms with E-state index in [4.69, 9.17) is 0 Å². The number of hydrogen-bond donors (Lipinski definition) is 1. The predicted octanol–water partition coefficient (Wildman–Crippen LogP) is 2.58. The van der Waals surface area contributed by atoms with Gasteiger partial charge in [0.05, 0.1) is 17.9 Å². The third-order valence-electron chi connectivity index (χ3n) is 4.86. The summed E-state index contributed by atoms with van der Waals surface area (Å²) in [5, 5.41) is 11.3. The maximum atomic E-state index is 12.7. The number of thioether (sulfide) groups is 1. The summed E-state index contributed by atoms with van der Waals surface area (Å²) in [6.45, 7) is 6.11. The van der Waals surface area contributed by atoms with Crippen LogP contribution in [0, 0.1) is 0 Å². The molecule has 150 valence electrons. The molecular weight excluding hydrogens is 374 g/mol. The van der Waals surface area contributed by atoms with Crippen LogP contribution in [0.25, 0.3) is 0 Å². The van der Waals surface area contributed by atoms with Crippen LogP contribution in [0.3, 0.4) is 0 Å². The van der Waals surface area contributed by atoms with E-state index in [1.54, 1.807) is 6.07 Å². The summed E-state index contributed by atoms with van der Waals surface area (Å²) < 4.78 is 1.92. The molecule has 28 heavy (non-hydrogen) atoms. The molecule has 0 spiro atoms. The van der Waals surface area contributed by atoms with Crippen molar-refractivity contribution in [2.24, 2.45) is 7.05 Å². The van der Waals surface area contributed by atoms with Gasteiger partial charge in [-0.2, -0.15) is 0 Å². The maximum Gasteiger partial charge on any atom is 0.252 e. The van der Waals surface area contributed by atoms with E-state index in [0.717, 1.165) is 36.7 Å². The monoisotopic (exact) mass is 401 g/mol. The van der Waals surface area contributed by atoms with Crippen molar-refractivity contribution in [3.8, 4) is 0 Å². The number of hydrogen-bond acceptors (Lipinski definition) is 5. The molecule has 0 aliphatic carbocycles. The standard InChI is InChI=1S/C20H27N5O2S/c1-14(2)19-23-22-17(24(19)3)12-21-20(27)15-8-4-5-9-16(15)28-13-18(26)25-10-6-7-11-25/h4-5,8-9,14H,6-7,10-13H2,1-3H3,(H,21,27). The first-order chi connectivity index (χ1) is 13.5. The van der Waals surface area contributed by atoms with Gasteiger partial charge in [-0.1, -0.05) is 26.0 Å². The predicted molar refractivity (Wildman–Crippen MR) is 109 cm³/mol. The van der Waals surface area contributed by atoms with Gasteiger partial charge in [0.1, 0.15) is 5.82 Å². The summed E-state index contributed by atoms with van der Waals surface area (Å²) in [7, 11) is 1.91. The van der Waals surface area contributed by atoms with Crippen LogP contribution in [-0.4, -0.2) is 50.3 Å². The molecule has 1 N–H and O–H groups in total. The minimum Gasteiger partial charge on any atom is -0.345 e. The molecule has 8 heteroatoms. The number of amides is 2. The first-order valence-electron chi connectivity index (χ1n) is 9.63. The number of rotatable bonds is 7. The van der Waals surface area contributed by atoms with Gasteiger partial charge in [0, 0.05) is 31.0 Å². The van der Waals surface area contributed by atoms with Gasteiger partial charge >= 0.3 is 0 Å². The number of nitrogens with one attached hydrogen (secondary N) is 1. The zero-order chi connectivity index (χ0) is 20.1. The lowest BCUT2D eigenvalue weighted by Gasteiger charge is -2.15. The van der Waals surface area contributed by atoms with Crippen molar-refractivity contribution in [1.29, 1.82) is 0 Å². The highest BCUT2D eigenvalue weighted by Crippen LogP contribution is 2.24. The molecule has 1 saturated heterocycles. The second-order valence-corrected chi connectivity index (χ2v) is 8.26. The minimum absolute atomic E-state index is 0.137. The van der Waals surface area contributed by atoms with Crippen molar-refractivity contribution >= 4 is 23.6 Å². The van der Waals surface area contributed by atoms with E-state index in [1.165, 1.54) is 11.8 Å². The first-order valence-corrected chi connectivity index (χ1v) is 10.6. The molecule has 0 saturated carbocycles. The molecule has 0 bridgehead atoms. The number of aromatic nitrogens is 3. The van der Waals surface area contributed by atoms with E-state index in [2.05, 4.69) is 29.4 Å². The van der Waals surface area contributed by atoms with Crippen LogP contribution in [-0.2, 0) is 18.4 Å². The SMILES string of the molecule is CC(C)c1nnc(CNC(=O)c2ccccc2SCC(=O)N2CCCC2)n1C. The normalized spacial score (nSPS) is 13.9. The van der Waals surface area contributed by atoms with E-state index in [0.29, 0.717) is 23.7 Å². The summed E-state index contributed by atoms with van der Waals surface area (Å²) in [4.78, 5) is 27.7. The summed E-state index contributed by atoms with van der Waals surface area (Å²) in [6, 6.07) is 7.39. The Morgan fingerprint density at radius 1 is 1.18 bits per heavy atom. The molecule has 2 amide bonds. The number of benzene rings is 1. The molecule has 7 nitrogen and oxygen atoms in total. The van der Waals surface area contributed by atoms with Crippen molar-refractivity contribution < 1.29 is 9.59 Å². The molecule has 0 radical (unpaired) electrons. The molecule has 0 atom stereocenters. The van der Waals surface area contributed by atoms with E-state index in [1.807, 2.05) is 34.7 Å². The van der Waals surface area contributed by atoms with Gasteiger partial charge in [-0.15, -0.1) is 22.0 Å². The van der Waals surface area contributed by atoms with Crippen LogP contribution >= 0.6 is 11.8 Å². The highest BCUT2D eigenvalue weighted by atomic mass is 32.2. The second-order valence-electron chi connectivity index (χ2n) is 7.24. The van der Waals surface area contributed by atoms with Crippen LogP contribution in [0.1, 0.15) is 54.6 Å². The Hall–Kier alpha value is -2.35. The summed E-state index contributed by atoms with van der Waals surface area (Å²) in [6.07, 6.45) is 2.16. The molecule has 2 heterocycles. The number of likely N-dealkylation sites (tertiary alicyclic amines) is 1. The van der Waals surface area contributed by atoms with Gasteiger partial charge < -0.3 is 14.8 Å². The van der Waals surface area contributed by atoms with Gasteiger partial charge in [-0.25, -0.2) is 0 Å². The Kier molecular flexibility index (Phi) is 6.72. The maximum absolute atomic E-state index is 12.7. The molecule has 2 aromatic rings. The first kappa shape index (κ1) is 20.4. The molecule has 1 aliphatic rings. The van der Waals surface area contributed by atoms with Crippen LogP contribution < -0.4 is 5.32 Å². The van der Waals surface area contributed by atoms with Crippen molar-refractivity contribution in [2.45, 2.75) is 44.0 Å². The van der Waals surface area contributed by atoms with Crippen molar-refractivity contribution in [2.75, 3.05) is 18.8 Å². The van der Waals surface area contributed by atoms with Gasteiger partial charge in [0.25, 0.3) is 5.91 Å². The summed E-state index contributed by atoms with van der Waals surface area (Å²) in [5.74, 6) is 2.19. The quantitative estimate of drug-likeness (QED) is 0.722. The van der Waals surface area contributed by atoms with E-state index in [-0.39, 0.29) is 17.7 Å². The zero-order valence-electron chi connectivity index (χ0n) is 16.6. The Labute approximate surface area is 169 Å². The fraction of sp³-hybridized carbons (Fsp3) is 0.500. The fourth-order valence-electron chi connectivity index (χ4n) is 3.26. The highest BCUT2D eigenvalue weighted by molar-refractivity contribution is 8.00. The van der Waals surface area contributed by atoms with Gasteiger partial charge in [0.2, 0.25) is 5.91 Å². The van der Waals surface area contributed by atoms with Crippen molar-refractivity contribution in [1.82, 2.24) is 25.0 Å². The fourth-order valence-corrected chi connectivity index (χ4v) is 4.22. The molecule has 1 fully saturated rings. The van der Waals surface area contributed by atoms with Crippen molar-refractivity contribution in [3.63, 3.8) is 0 Å². The molecule has 1 aromatic carbocycles. The Morgan fingerprint density at radius 2 is 1.89 bits per heavy atom. The Balaban J connectivity index is 1.61. The Morgan fingerprint density at radius 3 is 2.57 bits per heavy atom. The van der Waals surface area contributed by atoms with Crippen molar-refractivity contribution in [3.05, 3.63) is 41.5 Å². The smallest absolute Gasteiger partial charge is 0.252 e. The molecular formula is C20H27N5O2S. The number of nitrogens with zero attached hydrogens (tertiary/aromatic N) is 4. The van der Waals surface area contributed by atoms with Crippen LogP contribution in [0.2, 0.25) is 0 Å². The zero-order valence-corrected chi connectivity index (χ0v) is 17.5. The van der Waals surface area contributed by atoms with Gasteiger partial charge in [-0.05, 0) is 25.0 Å². The van der Waals surface area contributed by atoms with E-state index >= 15 is 0 Å². The minimum atomic E-state index is -0.175. The Bertz CT molecular complexity index is 843. The molecule has 1 aromatic heterocycles. The van der Waals surface area contributed by atoms with Crippen LogP contribution in [0.5, 0.6) is 0 Å². The van der Waals surface area contributed by atoms with Gasteiger partial charge in [0.15, 0.2) is 5.82 Å². The number of carbonyl (C=O) groups excluding carboxylic acids is 2. The second kappa shape index (κ2) is 9.23. The lowest BCUT2D eigenvalue weighted by Crippen LogP contribution is -2.29.